The van der Waals surface area contributed by atoms with E-state index in [0.29, 0.717) is 0 Å². The summed E-state index contributed by atoms with van der Waals surface area (Å²) in [5, 5.41) is 6.04. The van der Waals surface area contributed by atoms with E-state index in [4.69, 9.17) is 0 Å². The summed E-state index contributed by atoms with van der Waals surface area (Å²) >= 11 is 1.59. The monoisotopic (exact) mass is 426 g/mol. The molecule has 1 fully saturated rings. The summed E-state index contributed by atoms with van der Waals surface area (Å²) in [5.74, 6) is -0.164. The fourth-order valence-electron chi connectivity index (χ4n) is 3.69. The van der Waals surface area contributed by atoms with Crippen LogP contribution in [0.2, 0.25) is 0 Å². The van der Waals surface area contributed by atoms with Crippen LogP contribution in [0.25, 0.3) is 0 Å². The molecule has 1 heterocycles. The van der Waals surface area contributed by atoms with Crippen LogP contribution in [0.5, 0.6) is 0 Å². The molecule has 2 N–H and O–H groups in total. The van der Waals surface area contributed by atoms with Gasteiger partial charge in [-0.1, -0.05) is 42.5 Å². The van der Waals surface area contributed by atoms with Crippen LogP contribution in [0.15, 0.2) is 59.5 Å². The van der Waals surface area contributed by atoms with Crippen molar-refractivity contribution in [2.24, 2.45) is 0 Å². The van der Waals surface area contributed by atoms with Crippen LogP contribution in [-0.2, 0) is 16.1 Å². The molecule has 1 aliphatic heterocycles. The van der Waals surface area contributed by atoms with Crippen molar-refractivity contribution >= 4 is 29.3 Å². The second-order valence-corrected chi connectivity index (χ2v) is 8.54. The van der Waals surface area contributed by atoms with E-state index >= 15 is 0 Å². The lowest BCUT2D eigenvalue weighted by Crippen LogP contribution is -2.43. The summed E-state index contributed by atoms with van der Waals surface area (Å²) in [4.78, 5) is 29.9. The van der Waals surface area contributed by atoms with Gasteiger partial charge < -0.3 is 10.6 Å². The number of nitrogens with zero attached hydrogens (tertiary/aromatic N) is 2. The number of hydrogen-bond donors (Lipinski definition) is 2. The summed E-state index contributed by atoms with van der Waals surface area (Å²) in [6.45, 7) is 3.11. The number of likely N-dealkylation sites (tertiary alicyclic amines) is 1. The number of anilines is 1. The van der Waals surface area contributed by atoms with Gasteiger partial charge in [-0.3, -0.25) is 19.4 Å². The quantitative estimate of drug-likeness (QED) is 0.604. The van der Waals surface area contributed by atoms with E-state index in [0.717, 1.165) is 36.6 Å². The fraction of sp³-hybridized carbons (Fsp3) is 0.391. The summed E-state index contributed by atoms with van der Waals surface area (Å²) < 4.78 is 0. The first-order chi connectivity index (χ1) is 14.5. The summed E-state index contributed by atoms with van der Waals surface area (Å²) in [7, 11) is 1.79. The highest BCUT2D eigenvalue weighted by molar-refractivity contribution is 7.98. The first-order valence-corrected chi connectivity index (χ1v) is 11.4. The lowest BCUT2D eigenvalue weighted by atomic mass is 10.2. The Kier molecular flexibility index (Phi) is 8.30. The number of hydrogen-bond acceptors (Lipinski definition) is 5. The van der Waals surface area contributed by atoms with E-state index in [1.54, 1.807) is 23.7 Å². The second kappa shape index (κ2) is 11.2. The molecule has 0 aromatic heterocycles. The predicted molar refractivity (Wildman–Crippen MR) is 123 cm³/mol. The molecule has 0 aliphatic carbocycles. The first kappa shape index (κ1) is 22.3. The zero-order valence-corrected chi connectivity index (χ0v) is 18.5. The second-order valence-electron chi connectivity index (χ2n) is 7.69. The van der Waals surface area contributed by atoms with Crippen LogP contribution in [0.3, 0.4) is 0 Å². The molecule has 0 unspecified atom stereocenters. The highest BCUT2D eigenvalue weighted by atomic mass is 32.2. The number of thioether (sulfide) groups is 1. The molecule has 3 rings (SSSR count). The van der Waals surface area contributed by atoms with Gasteiger partial charge in [-0.2, -0.15) is 0 Å². The highest BCUT2D eigenvalue weighted by Crippen LogP contribution is 2.24. The third-order valence-corrected chi connectivity index (χ3v) is 5.89. The number of carbonyl (C=O) groups is 2. The Morgan fingerprint density at radius 3 is 2.53 bits per heavy atom. The lowest BCUT2D eigenvalue weighted by molar-refractivity contribution is -0.123. The number of rotatable bonds is 9. The molecule has 1 saturated heterocycles. The Balaban J connectivity index is 1.38. The van der Waals surface area contributed by atoms with Crippen molar-refractivity contribution < 1.29 is 9.59 Å². The molecule has 0 spiro atoms. The number of likely N-dealkylation sites (N-methyl/N-ethyl adjacent to an activating group) is 1. The van der Waals surface area contributed by atoms with Gasteiger partial charge in [-0.25, -0.2) is 0 Å². The molecule has 30 heavy (non-hydrogen) atoms. The minimum Gasteiger partial charge on any atom is -0.351 e. The van der Waals surface area contributed by atoms with Crippen LogP contribution in [-0.4, -0.2) is 67.1 Å². The Morgan fingerprint density at radius 2 is 1.77 bits per heavy atom. The van der Waals surface area contributed by atoms with Gasteiger partial charge in [0.25, 0.3) is 0 Å². The maximum atomic E-state index is 12.4. The zero-order chi connectivity index (χ0) is 21.3. The van der Waals surface area contributed by atoms with E-state index in [1.807, 2.05) is 36.6 Å². The smallest absolute Gasteiger partial charge is 0.238 e. The number of benzene rings is 2. The highest BCUT2D eigenvalue weighted by Gasteiger charge is 2.24. The van der Waals surface area contributed by atoms with Gasteiger partial charge in [0.1, 0.15) is 0 Å². The molecule has 0 bridgehead atoms. The predicted octanol–water partition coefficient (Wildman–Crippen LogP) is 2.67. The molecule has 6 nitrogen and oxygen atoms in total. The molecular formula is C23H30N4O2S. The molecule has 1 aliphatic rings. The summed E-state index contributed by atoms with van der Waals surface area (Å²) in [6, 6.07) is 18.3. The fourth-order valence-corrected chi connectivity index (χ4v) is 4.25. The number of nitrogens with one attached hydrogen (secondary N) is 2. The number of para-hydroxylation sites is 1. The van der Waals surface area contributed by atoms with E-state index in [1.165, 1.54) is 5.56 Å². The average Bonchev–Trinajstić information content (AvgIpc) is 3.15. The maximum Gasteiger partial charge on any atom is 0.238 e. The van der Waals surface area contributed by atoms with E-state index in [9.17, 15) is 9.59 Å². The van der Waals surface area contributed by atoms with Crippen molar-refractivity contribution in [2.75, 3.05) is 44.8 Å². The molecule has 0 radical (unpaired) electrons. The van der Waals surface area contributed by atoms with Crippen LogP contribution in [0.1, 0.15) is 12.0 Å². The molecule has 0 saturated carbocycles. The van der Waals surface area contributed by atoms with Crippen LogP contribution >= 0.6 is 11.8 Å². The van der Waals surface area contributed by atoms with Gasteiger partial charge in [0.2, 0.25) is 11.8 Å². The molecule has 7 heteroatoms. The van der Waals surface area contributed by atoms with Gasteiger partial charge >= 0.3 is 0 Å². The van der Waals surface area contributed by atoms with E-state index < -0.39 is 0 Å². The Hall–Kier alpha value is -2.35. The lowest BCUT2D eigenvalue weighted by Gasteiger charge is -2.19. The first-order valence-electron chi connectivity index (χ1n) is 10.2. The molecule has 2 aromatic rings. The molecule has 2 amide bonds. The zero-order valence-electron chi connectivity index (χ0n) is 17.6. The van der Waals surface area contributed by atoms with Crippen molar-refractivity contribution in [1.82, 2.24) is 15.1 Å². The molecule has 2 aromatic carbocycles. The minimum atomic E-state index is -0.123. The third kappa shape index (κ3) is 6.86. The van der Waals surface area contributed by atoms with Crippen molar-refractivity contribution in [3.63, 3.8) is 0 Å². The minimum absolute atomic E-state index is 0.0404. The normalized spacial score (nSPS) is 16.6. The van der Waals surface area contributed by atoms with Crippen LogP contribution in [0, 0.1) is 0 Å². The molecule has 160 valence electrons. The number of amides is 2. The largest absolute Gasteiger partial charge is 0.351 e. The Labute approximate surface area is 183 Å². The number of carbonyl (C=O) groups excluding carboxylic acids is 2. The van der Waals surface area contributed by atoms with Gasteiger partial charge in [0.15, 0.2) is 0 Å². The summed E-state index contributed by atoms with van der Waals surface area (Å²) in [6.07, 6.45) is 2.93. The topological polar surface area (TPSA) is 64.7 Å². The van der Waals surface area contributed by atoms with Crippen LogP contribution in [0.4, 0.5) is 5.69 Å². The SMILES string of the molecule is CSc1ccccc1NC(=O)CN(C)CC(=O)N[C@H]1CCN(Cc2ccccc2)C1. The van der Waals surface area contributed by atoms with Gasteiger partial charge in [-0.05, 0) is 37.4 Å². The Morgan fingerprint density at radius 1 is 1.07 bits per heavy atom. The van der Waals surface area contributed by atoms with Crippen LogP contribution < -0.4 is 10.6 Å². The van der Waals surface area contributed by atoms with Crippen molar-refractivity contribution in [2.45, 2.75) is 23.9 Å². The molecule has 1 atom stereocenters. The van der Waals surface area contributed by atoms with E-state index in [-0.39, 0.29) is 30.9 Å². The van der Waals surface area contributed by atoms with Gasteiger partial charge in [-0.15, -0.1) is 11.8 Å². The average molecular weight is 427 g/mol. The third-order valence-electron chi connectivity index (χ3n) is 5.09. The summed E-state index contributed by atoms with van der Waals surface area (Å²) in [5.41, 5.74) is 2.09. The van der Waals surface area contributed by atoms with Crippen molar-refractivity contribution in [1.29, 1.82) is 0 Å². The molecular weight excluding hydrogens is 396 g/mol. The van der Waals surface area contributed by atoms with E-state index in [2.05, 4.69) is 39.8 Å². The maximum absolute atomic E-state index is 12.4. The Bertz CT molecular complexity index is 846. The van der Waals surface area contributed by atoms with Crippen molar-refractivity contribution in [3.05, 3.63) is 60.2 Å². The van der Waals surface area contributed by atoms with Gasteiger partial charge in [0, 0.05) is 30.6 Å². The van der Waals surface area contributed by atoms with Crippen molar-refractivity contribution in [3.8, 4) is 0 Å². The standard InChI is InChI=1S/C23H30N4O2S/c1-26(17-23(29)25-20-10-6-7-11-21(20)30-2)16-22(28)24-19-12-13-27(15-19)14-18-8-4-3-5-9-18/h3-11,19H,12-17H2,1-2H3,(H,24,28)(H,25,29)/t19-/m0/s1. The van der Waals surface area contributed by atoms with Gasteiger partial charge in [0.05, 0.1) is 18.8 Å².